The first-order chi connectivity index (χ1) is 16.6. The number of carbonyl (C=O) groups is 6. The molecule has 2 aliphatic carbocycles. The van der Waals surface area contributed by atoms with Crippen molar-refractivity contribution < 1.29 is 39.0 Å². The van der Waals surface area contributed by atoms with Crippen LogP contribution in [0.1, 0.15) is 66.2 Å². The van der Waals surface area contributed by atoms with Crippen LogP contribution < -0.4 is 0 Å². The van der Waals surface area contributed by atoms with Crippen LogP contribution in [0, 0.1) is 10.8 Å². The van der Waals surface area contributed by atoms with Gasteiger partial charge in [0.05, 0.1) is 10.8 Å². The van der Waals surface area contributed by atoms with Crippen LogP contribution in [0.2, 0.25) is 0 Å². The zero-order valence-corrected chi connectivity index (χ0v) is 21.1. The molecule has 0 aliphatic heterocycles. The molecule has 0 atom stereocenters. The fourth-order valence-corrected chi connectivity index (χ4v) is 3.82. The molecule has 2 rings (SSSR count). The summed E-state index contributed by atoms with van der Waals surface area (Å²) in [7, 11) is 0. The first-order valence-electron chi connectivity index (χ1n) is 11.8. The molecule has 0 aromatic rings. The maximum absolute atomic E-state index is 12.8. The average Bonchev–Trinajstić information content (AvgIpc) is 2.76. The summed E-state index contributed by atoms with van der Waals surface area (Å²) in [6.07, 6.45) is 9.42. The molecule has 0 unspecified atom stereocenters. The van der Waals surface area contributed by atoms with Crippen LogP contribution >= 0.6 is 0 Å². The number of rotatable bonds is 12. The molecule has 0 amide bonds. The van der Waals surface area contributed by atoms with Gasteiger partial charge >= 0.3 is 11.9 Å². The molecule has 0 radical (unpaired) electrons. The van der Waals surface area contributed by atoms with Crippen molar-refractivity contribution in [2.75, 3.05) is 0 Å². The molecule has 2 N–H and O–H groups in total. The van der Waals surface area contributed by atoms with E-state index < -0.39 is 22.8 Å². The zero-order chi connectivity index (χ0) is 27.3. The third-order valence-corrected chi connectivity index (χ3v) is 6.43. The molecule has 0 saturated heterocycles. The zero-order valence-electron chi connectivity index (χ0n) is 21.1. The van der Waals surface area contributed by atoms with Crippen LogP contribution in [0.3, 0.4) is 0 Å². The number of carboxylic acids is 2. The van der Waals surface area contributed by atoms with Gasteiger partial charge < -0.3 is 10.2 Å². The molecule has 0 aromatic carbocycles. The minimum absolute atomic E-state index is 0.0791. The van der Waals surface area contributed by atoms with Crippen LogP contribution in [-0.2, 0) is 28.8 Å². The van der Waals surface area contributed by atoms with Gasteiger partial charge in [-0.05, 0) is 90.5 Å². The Labute approximate surface area is 210 Å². The molecule has 2 aliphatic rings. The van der Waals surface area contributed by atoms with Crippen molar-refractivity contribution in [2.24, 2.45) is 10.8 Å². The highest BCUT2D eigenvalue weighted by atomic mass is 16.4. The van der Waals surface area contributed by atoms with Crippen molar-refractivity contribution in [1.29, 1.82) is 0 Å². The Morgan fingerprint density at radius 2 is 1.00 bits per heavy atom. The molecule has 36 heavy (non-hydrogen) atoms. The summed E-state index contributed by atoms with van der Waals surface area (Å²) in [5, 5.41) is 18.5. The molecule has 8 heteroatoms. The molecule has 192 valence electrons. The summed E-state index contributed by atoms with van der Waals surface area (Å²) in [6.45, 7) is 6.38. The summed E-state index contributed by atoms with van der Waals surface area (Å²) >= 11 is 0. The van der Waals surface area contributed by atoms with Gasteiger partial charge in [0.2, 0.25) is 0 Å². The van der Waals surface area contributed by atoms with Crippen molar-refractivity contribution in [3.05, 3.63) is 58.7 Å². The summed E-state index contributed by atoms with van der Waals surface area (Å²) < 4.78 is 0. The largest absolute Gasteiger partial charge is 0.481 e. The van der Waals surface area contributed by atoms with Crippen molar-refractivity contribution >= 4 is 35.1 Å². The van der Waals surface area contributed by atoms with Crippen LogP contribution in [0.4, 0.5) is 0 Å². The first-order valence-corrected chi connectivity index (χ1v) is 11.8. The number of hydrogen-bond donors (Lipinski definition) is 2. The van der Waals surface area contributed by atoms with Crippen LogP contribution in [0.15, 0.2) is 58.7 Å². The smallest absolute Gasteiger partial charge is 0.309 e. The Kier molecular flexibility index (Phi) is 9.02. The van der Waals surface area contributed by atoms with E-state index in [0.29, 0.717) is 25.7 Å². The van der Waals surface area contributed by atoms with Crippen molar-refractivity contribution in [3.8, 4) is 0 Å². The van der Waals surface area contributed by atoms with Crippen LogP contribution in [0.5, 0.6) is 0 Å². The van der Waals surface area contributed by atoms with E-state index in [2.05, 4.69) is 0 Å². The van der Waals surface area contributed by atoms with E-state index in [-0.39, 0.29) is 58.3 Å². The molecule has 0 fully saturated rings. The minimum Gasteiger partial charge on any atom is -0.481 e. The fourth-order valence-electron chi connectivity index (χ4n) is 3.82. The van der Waals surface area contributed by atoms with Crippen LogP contribution in [0.25, 0.3) is 0 Å². The van der Waals surface area contributed by atoms with Gasteiger partial charge in [0.1, 0.15) is 0 Å². The van der Waals surface area contributed by atoms with Gasteiger partial charge in [-0.3, -0.25) is 28.8 Å². The molecule has 0 bridgehead atoms. The second-order valence-corrected chi connectivity index (χ2v) is 10.4. The number of allylic oxidation sites excluding steroid dienone is 10. The van der Waals surface area contributed by atoms with Crippen LogP contribution in [-0.4, -0.2) is 45.3 Å². The normalized spacial score (nSPS) is 17.1. The van der Waals surface area contributed by atoms with E-state index in [1.807, 2.05) is 0 Å². The lowest BCUT2D eigenvalue weighted by molar-refractivity contribution is -0.148. The molecule has 0 aromatic heterocycles. The number of carbonyl (C=O) groups excluding carboxylic acids is 4. The average molecular weight is 497 g/mol. The van der Waals surface area contributed by atoms with Gasteiger partial charge in [-0.25, -0.2) is 0 Å². The topological polar surface area (TPSA) is 143 Å². The van der Waals surface area contributed by atoms with Crippen molar-refractivity contribution in [1.82, 2.24) is 0 Å². The Morgan fingerprint density at radius 3 is 1.31 bits per heavy atom. The number of Topliss-reactive ketones (excluding diaryl/α,β-unsaturated/α-hetero) is 2. The van der Waals surface area contributed by atoms with E-state index in [1.54, 1.807) is 27.7 Å². The standard InChI is InChI=1S/C28H32O8/c1-27(2,25(33)34)11-5-7-17-13-21(29)15-19(23(17)31)9-10-20-16-22(30)14-18(24(20)32)8-6-12-28(3,4)26(35)36/h9-10,13-16H,5-8,11-12H2,1-4H3,(H,33,34)(H,35,36)/b10-9-. The fraction of sp³-hybridized carbons (Fsp3) is 0.429. The second-order valence-electron chi connectivity index (χ2n) is 10.4. The summed E-state index contributed by atoms with van der Waals surface area (Å²) in [4.78, 5) is 72.5. The highest BCUT2D eigenvalue weighted by Crippen LogP contribution is 2.28. The Balaban J connectivity index is 2.05. The van der Waals surface area contributed by atoms with E-state index in [0.717, 1.165) is 12.2 Å². The monoisotopic (exact) mass is 496 g/mol. The SMILES string of the molecule is CC(C)(CCCC1=CC(=O)C=C(/C=C\C2=CC(=O)C=C(CCCC(C)(C)C(=O)O)C2=O)C1=O)C(=O)O. The van der Waals surface area contributed by atoms with E-state index in [9.17, 15) is 39.0 Å². The predicted octanol–water partition coefficient (Wildman–Crippen LogP) is 4.11. The van der Waals surface area contributed by atoms with Crippen molar-refractivity contribution in [3.63, 3.8) is 0 Å². The quantitative estimate of drug-likeness (QED) is 0.384. The molecular formula is C28H32O8. The highest BCUT2D eigenvalue weighted by molar-refractivity contribution is 6.23. The van der Waals surface area contributed by atoms with Crippen molar-refractivity contribution in [2.45, 2.75) is 66.2 Å². The molecule has 0 heterocycles. The lowest BCUT2D eigenvalue weighted by Crippen LogP contribution is -2.23. The number of aliphatic carboxylic acids is 2. The minimum atomic E-state index is -0.949. The van der Waals surface area contributed by atoms with Gasteiger partial charge in [0, 0.05) is 22.3 Å². The van der Waals surface area contributed by atoms with Gasteiger partial charge in [-0.15, -0.1) is 0 Å². The maximum Gasteiger partial charge on any atom is 0.309 e. The van der Waals surface area contributed by atoms with Gasteiger partial charge in [0.15, 0.2) is 23.1 Å². The molecular weight excluding hydrogens is 464 g/mol. The number of hydrogen-bond acceptors (Lipinski definition) is 6. The lowest BCUT2D eigenvalue weighted by Gasteiger charge is -2.19. The Hall–Kier alpha value is -3.68. The van der Waals surface area contributed by atoms with Gasteiger partial charge in [-0.1, -0.05) is 12.2 Å². The van der Waals surface area contributed by atoms with E-state index in [1.165, 1.54) is 24.3 Å². The van der Waals surface area contributed by atoms with Gasteiger partial charge in [-0.2, -0.15) is 0 Å². The predicted molar refractivity (Wildman–Crippen MR) is 132 cm³/mol. The summed E-state index contributed by atoms with van der Waals surface area (Å²) in [6, 6.07) is 0. The van der Waals surface area contributed by atoms with E-state index >= 15 is 0 Å². The van der Waals surface area contributed by atoms with E-state index in [4.69, 9.17) is 0 Å². The third-order valence-electron chi connectivity index (χ3n) is 6.43. The first kappa shape index (κ1) is 28.6. The molecule has 0 spiro atoms. The maximum atomic E-state index is 12.8. The second kappa shape index (κ2) is 11.4. The number of carboxylic acid groups (broad SMARTS) is 2. The summed E-state index contributed by atoms with van der Waals surface area (Å²) in [5.41, 5.74) is -1.20. The lowest BCUT2D eigenvalue weighted by atomic mass is 9.84. The Morgan fingerprint density at radius 1 is 0.667 bits per heavy atom. The molecule has 8 nitrogen and oxygen atoms in total. The third kappa shape index (κ3) is 7.41. The summed E-state index contributed by atoms with van der Waals surface area (Å²) in [5.74, 6) is -3.43. The number of ketones is 4. The van der Waals surface area contributed by atoms with Gasteiger partial charge in [0.25, 0.3) is 0 Å². The highest BCUT2D eigenvalue weighted by Gasteiger charge is 2.29. The Bertz CT molecular complexity index is 1060. The molecule has 0 saturated carbocycles.